The molecule has 0 spiro atoms. The van der Waals surface area contributed by atoms with Gasteiger partial charge in [-0.05, 0) is 26.1 Å². The monoisotopic (exact) mass is 257 g/mol. The Morgan fingerprint density at radius 1 is 1.69 bits per heavy atom. The highest BCUT2D eigenvalue weighted by Crippen LogP contribution is 2.20. The van der Waals surface area contributed by atoms with Crippen molar-refractivity contribution in [1.29, 1.82) is 0 Å². The van der Waals surface area contributed by atoms with Crippen molar-refractivity contribution in [2.24, 2.45) is 10.8 Å². The van der Waals surface area contributed by atoms with E-state index in [-0.39, 0.29) is 5.11 Å². The van der Waals surface area contributed by atoms with Crippen molar-refractivity contribution < 1.29 is 0 Å². The van der Waals surface area contributed by atoms with E-state index in [1.807, 2.05) is 0 Å². The lowest BCUT2D eigenvalue weighted by Gasteiger charge is -2.16. The molecule has 7 heteroatoms. The maximum atomic E-state index is 5.24. The number of nitrogens with zero attached hydrogens (tertiary/aromatic N) is 3. The number of nitrogens with one attached hydrogen (secondary N) is 1. The third-order valence-electron chi connectivity index (χ3n) is 1.91. The lowest BCUT2D eigenvalue weighted by Crippen LogP contribution is -2.23. The summed E-state index contributed by atoms with van der Waals surface area (Å²) in [6.07, 6.45) is 3.44. The first kappa shape index (κ1) is 12.9. The topological polar surface area (TPSA) is 66.5 Å². The Bertz CT molecular complexity index is 370. The highest BCUT2D eigenvalue weighted by atomic mass is 32.1. The number of hydrogen-bond donors (Lipinski definition) is 2. The van der Waals surface area contributed by atoms with Crippen molar-refractivity contribution in [2.45, 2.75) is 13.8 Å². The van der Waals surface area contributed by atoms with Crippen LogP contribution < -0.4 is 16.1 Å². The minimum atomic E-state index is 0.157. The van der Waals surface area contributed by atoms with Gasteiger partial charge in [-0.2, -0.15) is 5.10 Å². The van der Waals surface area contributed by atoms with Crippen molar-refractivity contribution >= 4 is 40.0 Å². The molecule has 0 fully saturated rings. The number of aromatic nitrogens is 1. The van der Waals surface area contributed by atoms with Crippen molar-refractivity contribution in [3.8, 4) is 0 Å². The minimum Gasteiger partial charge on any atom is -0.375 e. The molecular formula is C9H15N5S2. The van der Waals surface area contributed by atoms with E-state index < -0.39 is 0 Å². The second-order valence-electron chi connectivity index (χ2n) is 2.95. The Labute approximate surface area is 104 Å². The van der Waals surface area contributed by atoms with Crippen molar-refractivity contribution in [3.05, 3.63) is 11.1 Å². The zero-order valence-electron chi connectivity index (χ0n) is 9.30. The Morgan fingerprint density at radius 2 is 2.38 bits per heavy atom. The summed E-state index contributed by atoms with van der Waals surface area (Å²) in [5.41, 5.74) is 7.74. The van der Waals surface area contributed by atoms with Crippen LogP contribution in [0, 0.1) is 0 Å². The van der Waals surface area contributed by atoms with E-state index in [0.29, 0.717) is 0 Å². The maximum Gasteiger partial charge on any atom is 0.185 e. The predicted octanol–water partition coefficient (Wildman–Crippen LogP) is 1.16. The largest absolute Gasteiger partial charge is 0.375 e. The minimum absolute atomic E-state index is 0.157. The first-order valence-corrected chi connectivity index (χ1v) is 6.19. The van der Waals surface area contributed by atoms with Gasteiger partial charge in [0.15, 0.2) is 10.2 Å². The summed E-state index contributed by atoms with van der Waals surface area (Å²) in [6.45, 7) is 6.11. The predicted molar refractivity (Wildman–Crippen MR) is 73.2 cm³/mol. The molecule has 0 amide bonds. The van der Waals surface area contributed by atoms with Crippen molar-refractivity contribution in [1.82, 2.24) is 10.4 Å². The van der Waals surface area contributed by atoms with E-state index in [4.69, 9.17) is 5.73 Å². The molecule has 16 heavy (non-hydrogen) atoms. The van der Waals surface area contributed by atoms with E-state index in [1.54, 1.807) is 23.7 Å². The van der Waals surface area contributed by atoms with Gasteiger partial charge in [-0.25, -0.2) is 4.98 Å². The summed E-state index contributed by atoms with van der Waals surface area (Å²) in [7, 11) is 0. The fraction of sp³-hybridized carbons (Fsp3) is 0.444. The quantitative estimate of drug-likeness (QED) is 0.471. The highest BCUT2D eigenvalue weighted by Gasteiger charge is 2.05. The molecule has 1 rings (SSSR count). The van der Waals surface area contributed by atoms with E-state index in [1.165, 1.54) is 0 Å². The summed E-state index contributed by atoms with van der Waals surface area (Å²) in [6, 6.07) is 0. The lowest BCUT2D eigenvalue weighted by atomic mass is 10.6. The number of thiazole rings is 1. The number of hydrogen-bond acceptors (Lipinski definition) is 5. The first-order valence-electron chi connectivity index (χ1n) is 4.96. The molecule has 1 aromatic rings. The Kier molecular flexibility index (Phi) is 5.13. The van der Waals surface area contributed by atoms with Gasteiger partial charge < -0.3 is 10.6 Å². The molecule has 0 saturated heterocycles. The van der Waals surface area contributed by atoms with Gasteiger partial charge in [-0.3, -0.25) is 5.43 Å². The van der Waals surface area contributed by atoms with Crippen molar-refractivity contribution in [3.63, 3.8) is 0 Å². The molecule has 0 aliphatic heterocycles. The average Bonchev–Trinajstić information content (AvgIpc) is 2.68. The van der Waals surface area contributed by atoms with Crippen LogP contribution in [0.25, 0.3) is 0 Å². The van der Waals surface area contributed by atoms with Crippen LogP contribution in [0.4, 0.5) is 5.13 Å². The van der Waals surface area contributed by atoms with Gasteiger partial charge in [0.2, 0.25) is 0 Å². The lowest BCUT2D eigenvalue weighted by molar-refractivity contribution is 0.860. The number of anilines is 1. The van der Waals surface area contributed by atoms with Crippen molar-refractivity contribution in [2.75, 3.05) is 18.0 Å². The molecule has 0 bridgehead atoms. The maximum absolute atomic E-state index is 5.24. The van der Waals surface area contributed by atoms with E-state index >= 15 is 0 Å². The molecule has 0 radical (unpaired) electrons. The molecule has 0 aliphatic carbocycles. The molecule has 1 heterocycles. The molecule has 5 nitrogen and oxygen atoms in total. The summed E-state index contributed by atoms with van der Waals surface area (Å²) in [4.78, 5) is 7.46. The van der Waals surface area contributed by atoms with Crippen LogP contribution >= 0.6 is 23.6 Å². The van der Waals surface area contributed by atoms with Crippen LogP contribution in [0.1, 0.15) is 18.7 Å². The van der Waals surface area contributed by atoms with Gasteiger partial charge in [0.05, 0.1) is 11.1 Å². The Balaban J connectivity index is 2.64. The van der Waals surface area contributed by atoms with Gasteiger partial charge in [0.1, 0.15) is 0 Å². The second-order valence-corrected chi connectivity index (χ2v) is 4.43. The summed E-state index contributed by atoms with van der Waals surface area (Å²) < 4.78 is 0. The normalized spacial score (nSPS) is 10.6. The highest BCUT2D eigenvalue weighted by molar-refractivity contribution is 7.80. The van der Waals surface area contributed by atoms with E-state index in [2.05, 4.69) is 46.5 Å². The molecular weight excluding hydrogens is 242 g/mol. The second kappa shape index (κ2) is 6.39. The Morgan fingerprint density at radius 3 is 2.94 bits per heavy atom. The molecule has 0 aromatic carbocycles. The summed E-state index contributed by atoms with van der Waals surface area (Å²) in [5.74, 6) is 0. The zero-order chi connectivity index (χ0) is 12.0. The van der Waals surface area contributed by atoms with Crippen LogP contribution in [0.3, 0.4) is 0 Å². The van der Waals surface area contributed by atoms with Crippen LogP contribution in [0.2, 0.25) is 0 Å². The van der Waals surface area contributed by atoms with Crippen LogP contribution in [0.5, 0.6) is 0 Å². The van der Waals surface area contributed by atoms with E-state index in [0.717, 1.165) is 23.1 Å². The zero-order valence-corrected chi connectivity index (χ0v) is 10.9. The number of thiocarbonyl (C=S) groups is 1. The number of hydrazone groups is 1. The molecule has 0 aliphatic rings. The molecule has 3 N–H and O–H groups in total. The molecule has 0 unspecified atom stereocenters. The van der Waals surface area contributed by atoms with Crippen LogP contribution in [-0.4, -0.2) is 29.4 Å². The third-order valence-corrected chi connectivity index (χ3v) is 3.00. The number of rotatable bonds is 5. The van der Waals surface area contributed by atoms with Crippen LogP contribution in [0.15, 0.2) is 11.3 Å². The van der Waals surface area contributed by atoms with Gasteiger partial charge in [0.25, 0.3) is 0 Å². The fourth-order valence-corrected chi connectivity index (χ4v) is 2.10. The van der Waals surface area contributed by atoms with Crippen LogP contribution in [-0.2, 0) is 0 Å². The number of nitrogens with two attached hydrogens (primary N) is 1. The van der Waals surface area contributed by atoms with Gasteiger partial charge in [-0.15, -0.1) is 0 Å². The first-order chi connectivity index (χ1) is 7.67. The Hall–Kier alpha value is -1.21. The molecule has 88 valence electrons. The fourth-order valence-electron chi connectivity index (χ4n) is 1.14. The molecule has 0 saturated carbocycles. The van der Waals surface area contributed by atoms with Gasteiger partial charge in [-0.1, -0.05) is 11.3 Å². The SMILES string of the molecule is CCN(CC)c1ncc(/C=N\NC(N)=S)s1. The molecule has 1 aromatic heterocycles. The van der Waals surface area contributed by atoms with Gasteiger partial charge >= 0.3 is 0 Å². The molecule has 0 atom stereocenters. The smallest absolute Gasteiger partial charge is 0.185 e. The van der Waals surface area contributed by atoms with Gasteiger partial charge in [0, 0.05) is 19.3 Å². The summed E-state index contributed by atoms with van der Waals surface area (Å²) >= 11 is 6.21. The standard InChI is InChI=1S/C9H15N5S2/c1-3-14(4-2)9-11-5-7(16-9)6-12-13-8(10)15/h5-6H,3-4H2,1-2H3,(H3,10,13,15)/b12-6-. The average molecular weight is 257 g/mol. The van der Waals surface area contributed by atoms with E-state index in [9.17, 15) is 0 Å². The third kappa shape index (κ3) is 3.74. The summed E-state index contributed by atoms with van der Waals surface area (Å²) in [5, 5.41) is 5.03.